The fourth-order valence-electron chi connectivity index (χ4n) is 3.28. The Labute approximate surface area is 177 Å². The smallest absolute Gasteiger partial charge is 0.289 e. The number of aryl methyl sites for hydroxylation is 1. The summed E-state index contributed by atoms with van der Waals surface area (Å²) in [6, 6.07) is 9.07. The number of nitrogens with one attached hydrogen (secondary N) is 1. The van der Waals surface area contributed by atoms with Crippen LogP contribution in [0.4, 0.5) is 10.5 Å². The maximum atomic E-state index is 12.8. The summed E-state index contributed by atoms with van der Waals surface area (Å²) in [4.78, 5) is 42.1. The molecule has 0 spiro atoms. The first-order valence-electron chi connectivity index (χ1n) is 9.56. The van der Waals surface area contributed by atoms with Crippen LogP contribution in [0.2, 0.25) is 0 Å². The molecule has 1 saturated heterocycles. The molecule has 9 heteroatoms. The third kappa shape index (κ3) is 3.80. The predicted octanol–water partition coefficient (Wildman–Crippen LogP) is 3.77. The standard InChI is InChI=1S/C21H21N5O3S/c1-12(2)26-19-15(9-22-26)8-17(13(3)23-19)20(28)24-16-6-4-14(5-7-16)10-25-18(27)11-30-21(25)29/h4-9,12H,10-11H2,1-3H3,(H,24,28). The number of nitrogens with zero attached hydrogens (tertiary/aromatic N) is 4. The van der Waals surface area contributed by atoms with Crippen molar-refractivity contribution in [3.05, 3.63) is 53.3 Å². The highest BCUT2D eigenvalue weighted by molar-refractivity contribution is 8.14. The number of amides is 3. The summed E-state index contributed by atoms with van der Waals surface area (Å²) in [5, 5.41) is 7.81. The number of fused-ring (bicyclic) bond motifs is 1. The van der Waals surface area contributed by atoms with Gasteiger partial charge in [-0.3, -0.25) is 19.3 Å². The van der Waals surface area contributed by atoms with E-state index >= 15 is 0 Å². The van der Waals surface area contributed by atoms with Crippen LogP contribution in [-0.4, -0.2) is 42.5 Å². The van der Waals surface area contributed by atoms with Gasteiger partial charge in [0.15, 0.2) is 5.65 Å². The summed E-state index contributed by atoms with van der Waals surface area (Å²) in [6.07, 6.45) is 1.71. The molecule has 0 bridgehead atoms. The number of carbonyl (C=O) groups is 3. The highest BCUT2D eigenvalue weighted by atomic mass is 32.2. The van der Waals surface area contributed by atoms with Gasteiger partial charge in [-0.05, 0) is 44.5 Å². The molecule has 2 aromatic heterocycles. The van der Waals surface area contributed by atoms with Gasteiger partial charge >= 0.3 is 0 Å². The first kappa shape index (κ1) is 20.1. The molecule has 8 nitrogen and oxygen atoms in total. The van der Waals surface area contributed by atoms with Gasteiger partial charge in [0.2, 0.25) is 5.91 Å². The Kier molecular flexibility index (Phi) is 5.29. The quantitative estimate of drug-likeness (QED) is 0.671. The zero-order valence-electron chi connectivity index (χ0n) is 16.9. The van der Waals surface area contributed by atoms with Crippen LogP contribution in [0.15, 0.2) is 36.5 Å². The van der Waals surface area contributed by atoms with E-state index in [0.29, 0.717) is 16.9 Å². The van der Waals surface area contributed by atoms with Crippen molar-refractivity contribution in [1.29, 1.82) is 0 Å². The Morgan fingerprint density at radius 2 is 1.97 bits per heavy atom. The molecular weight excluding hydrogens is 402 g/mol. The fraction of sp³-hybridized carbons (Fsp3) is 0.286. The molecule has 1 aromatic carbocycles. The van der Waals surface area contributed by atoms with Crippen molar-refractivity contribution in [3.8, 4) is 0 Å². The van der Waals surface area contributed by atoms with E-state index in [1.807, 2.05) is 18.5 Å². The third-order valence-corrected chi connectivity index (χ3v) is 5.75. The Balaban J connectivity index is 1.49. The maximum Gasteiger partial charge on any atom is 0.289 e. The lowest BCUT2D eigenvalue weighted by atomic mass is 10.1. The molecule has 0 aliphatic carbocycles. The van der Waals surface area contributed by atoms with Crippen LogP contribution in [0.25, 0.3) is 11.0 Å². The van der Waals surface area contributed by atoms with Crippen LogP contribution in [0, 0.1) is 6.92 Å². The number of benzene rings is 1. The zero-order chi connectivity index (χ0) is 21.4. The number of rotatable bonds is 5. The molecule has 30 heavy (non-hydrogen) atoms. The Morgan fingerprint density at radius 1 is 1.23 bits per heavy atom. The van der Waals surface area contributed by atoms with E-state index in [4.69, 9.17) is 0 Å². The van der Waals surface area contributed by atoms with Crippen LogP contribution in [0.1, 0.15) is 41.5 Å². The summed E-state index contributed by atoms with van der Waals surface area (Å²) in [5.41, 5.74) is 3.31. The molecule has 0 atom stereocenters. The van der Waals surface area contributed by atoms with Crippen molar-refractivity contribution < 1.29 is 14.4 Å². The molecule has 1 fully saturated rings. The van der Waals surface area contributed by atoms with Crippen molar-refractivity contribution in [2.24, 2.45) is 0 Å². The van der Waals surface area contributed by atoms with E-state index < -0.39 is 0 Å². The second kappa shape index (κ2) is 7.91. The highest BCUT2D eigenvalue weighted by Crippen LogP contribution is 2.23. The lowest BCUT2D eigenvalue weighted by Gasteiger charge is -2.13. The molecule has 1 aliphatic heterocycles. The minimum atomic E-state index is -0.256. The van der Waals surface area contributed by atoms with E-state index in [0.717, 1.165) is 28.4 Å². The van der Waals surface area contributed by atoms with Crippen LogP contribution in [0.3, 0.4) is 0 Å². The van der Waals surface area contributed by atoms with E-state index in [2.05, 4.69) is 15.4 Å². The van der Waals surface area contributed by atoms with E-state index in [-0.39, 0.29) is 35.4 Å². The summed E-state index contributed by atoms with van der Waals surface area (Å²) < 4.78 is 1.83. The van der Waals surface area contributed by atoms with E-state index in [1.54, 1.807) is 43.5 Å². The monoisotopic (exact) mass is 423 g/mol. The van der Waals surface area contributed by atoms with Gasteiger partial charge in [-0.25, -0.2) is 9.67 Å². The highest BCUT2D eigenvalue weighted by Gasteiger charge is 2.29. The van der Waals surface area contributed by atoms with Crippen molar-refractivity contribution in [3.63, 3.8) is 0 Å². The number of hydrogen-bond donors (Lipinski definition) is 1. The van der Waals surface area contributed by atoms with Gasteiger partial charge in [-0.15, -0.1) is 0 Å². The molecule has 0 unspecified atom stereocenters. The number of thioether (sulfide) groups is 1. The number of imide groups is 1. The normalized spacial score (nSPS) is 14.2. The molecule has 3 heterocycles. The molecule has 3 aromatic rings. The van der Waals surface area contributed by atoms with Crippen molar-refractivity contribution in [2.45, 2.75) is 33.4 Å². The molecule has 0 radical (unpaired) electrons. The molecular formula is C21H21N5O3S. The van der Waals surface area contributed by atoms with Gasteiger partial charge in [0.25, 0.3) is 11.1 Å². The van der Waals surface area contributed by atoms with Gasteiger partial charge in [0, 0.05) is 17.1 Å². The van der Waals surface area contributed by atoms with Gasteiger partial charge in [0.1, 0.15) is 0 Å². The van der Waals surface area contributed by atoms with Crippen molar-refractivity contribution in [1.82, 2.24) is 19.7 Å². The van der Waals surface area contributed by atoms with Crippen LogP contribution < -0.4 is 5.32 Å². The second-order valence-electron chi connectivity index (χ2n) is 7.40. The molecule has 1 N–H and O–H groups in total. The van der Waals surface area contributed by atoms with Crippen LogP contribution in [-0.2, 0) is 11.3 Å². The van der Waals surface area contributed by atoms with Crippen LogP contribution in [0.5, 0.6) is 0 Å². The summed E-state index contributed by atoms with van der Waals surface area (Å²) in [7, 11) is 0. The molecule has 4 rings (SSSR count). The second-order valence-corrected chi connectivity index (χ2v) is 8.33. The summed E-state index contributed by atoms with van der Waals surface area (Å²) >= 11 is 1.02. The summed E-state index contributed by atoms with van der Waals surface area (Å²) in [6.45, 7) is 6.10. The van der Waals surface area contributed by atoms with E-state index in [1.165, 1.54) is 4.90 Å². The number of hydrogen-bond acceptors (Lipinski definition) is 6. The molecule has 0 saturated carbocycles. The Bertz CT molecular complexity index is 1140. The lowest BCUT2D eigenvalue weighted by Crippen LogP contribution is -2.27. The topological polar surface area (TPSA) is 97.2 Å². The molecule has 154 valence electrons. The van der Waals surface area contributed by atoms with E-state index in [9.17, 15) is 14.4 Å². The zero-order valence-corrected chi connectivity index (χ0v) is 17.7. The number of pyridine rings is 1. The van der Waals surface area contributed by atoms with Crippen molar-refractivity contribution >= 4 is 45.5 Å². The number of aromatic nitrogens is 3. The van der Waals surface area contributed by atoms with Gasteiger partial charge < -0.3 is 5.32 Å². The summed E-state index contributed by atoms with van der Waals surface area (Å²) in [5.74, 6) is -0.240. The minimum absolute atomic E-state index is 0.178. The van der Waals surface area contributed by atoms with Gasteiger partial charge in [0.05, 0.1) is 29.8 Å². The largest absolute Gasteiger partial charge is 0.322 e. The Morgan fingerprint density at radius 3 is 2.60 bits per heavy atom. The van der Waals surface area contributed by atoms with Crippen LogP contribution >= 0.6 is 11.8 Å². The van der Waals surface area contributed by atoms with Crippen molar-refractivity contribution in [2.75, 3.05) is 11.1 Å². The Hall–Kier alpha value is -3.20. The van der Waals surface area contributed by atoms with Gasteiger partial charge in [-0.1, -0.05) is 23.9 Å². The SMILES string of the molecule is Cc1nc2c(cnn2C(C)C)cc1C(=O)Nc1ccc(CN2C(=O)CSC2=O)cc1. The average molecular weight is 423 g/mol. The maximum absolute atomic E-state index is 12.8. The number of carbonyl (C=O) groups excluding carboxylic acids is 3. The average Bonchev–Trinajstić information content (AvgIpc) is 3.26. The third-order valence-electron chi connectivity index (χ3n) is 4.89. The molecule has 3 amide bonds. The number of anilines is 1. The minimum Gasteiger partial charge on any atom is -0.322 e. The molecule has 1 aliphatic rings. The first-order chi connectivity index (χ1) is 14.3. The fourth-order valence-corrected chi connectivity index (χ4v) is 4.01. The lowest BCUT2D eigenvalue weighted by molar-refractivity contribution is -0.125. The predicted molar refractivity (Wildman–Crippen MR) is 115 cm³/mol. The first-order valence-corrected chi connectivity index (χ1v) is 10.5. The van der Waals surface area contributed by atoms with Gasteiger partial charge in [-0.2, -0.15) is 5.10 Å².